The molecule has 18 heavy (non-hydrogen) atoms. The monoisotopic (exact) mass is 242 g/mol. The van der Waals surface area contributed by atoms with Gasteiger partial charge < -0.3 is 10.3 Å². The van der Waals surface area contributed by atoms with Crippen LogP contribution in [0.2, 0.25) is 0 Å². The number of aromatic nitrogens is 1. The Kier molecular flexibility index (Phi) is 3.13. The van der Waals surface area contributed by atoms with E-state index < -0.39 is 0 Å². The Morgan fingerprint density at radius 3 is 2.67 bits per heavy atom. The van der Waals surface area contributed by atoms with Gasteiger partial charge in [-0.15, -0.1) is 0 Å². The molecule has 0 unspecified atom stereocenters. The van der Waals surface area contributed by atoms with Gasteiger partial charge in [0.1, 0.15) is 0 Å². The van der Waals surface area contributed by atoms with Crippen LogP contribution in [0.15, 0.2) is 30.5 Å². The van der Waals surface area contributed by atoms with E-state index in [0.29, 0.717) is 5.92 Å². The number of benzene rings is 1. The topological polar surface area (TPSA) is 30.9 Å². The Morgan fingerprint density at radius 2 is 1.89 bits per heavy atom. The van der Waals surface area contributed by atoms with Gasteiger partial charge in [-0.05, 0) is 30.4 Å². The molecule has 2 heteroatoms. The van der Waals surface area contributed by atoms with Crippen LogP contribution in [0.5, 0.6) is 0 Å². The lowest BCUT2D eigenvalue weighted by Gasteiger charge is -2.27. The van der Waals surface area contributed by atoms with Crippen LogP contribution in [0.25, 0.3) is 10.9 Å². The minimum absolute atomic E-state index is 0.205. The molecule has 0 aliphatic heterocycles. The molecule has 0 radical (unpaired) electrons. The van der Waals surface area contributed by atoms with Crippen LogP contribution in [0, 0.1) is 5.92 Å². The fourth-order valence-electron chi connectivity index (χ4n) is 3.39. The van der Waals surface area contributed by atoms with Crippen LogP contribution in [0.3, 0.4) is 0 Å². The lowest BCUT2D eigenvalue weighted by atomic mass is 9.81. The number of fused-ring (bicyclic) bond motifs is 1. The maximum atomic E-state index is 6.54. The van der Waals surface area contributed by atoms with Crippen LogP contribution in [0.4, 0.5) is 0 Å². The molecule has 3 rings (SSSR count). The molecule has 0 saturated heterocycles. The Hall–Kier alpha value is -1.28. The van der Waals surface area contributed by atoms with Gasteiger partial charge in [0, 0.05) is 30.2 Å². The van der Waals surface area contributed by atoms with E-state index in [1.54, 1.807) is 0 Å². The average Bonchev–Trinajstić information content (AvgIpc) is 2.77. The highest BCUT2D eigenvalue weighted by Crippen LogP contribution is 2.36. The summed E-state index contributed by atoms with van der Waals surface area (Å²) in [7, 11) is 2.11. The van der Waals surface area contributed by atoms with Crippen LogP contribution < -0.4 is 5.73 Å². The molecule has 1 aliphatic carbocycles. The van der Waals surface area contributed by atoms with Gasteiger partial charge in [-0.3, -0.25) is 0 Å². The number of nitrogens with zero attached hydrogens (tertiary/aromatic N) is 1. The van der Waals surface area contributed by atoms with Gasteiger partial charge >= 0.3 is 0 Å². The highest BCUT2D eigenvalue weighted by Gasteiger charge is 2.24. The first kappa shape index (κ1) is 11.8. The van der Waals surface area contributed by atoms with Gasteiger partial charge in [0.25, 0.3) is 0 Å². The second kappa shape index (κ2) is 4.77. The van der Waals surface area contributed by atoms with Crippen molar-refractivity contribution in [2.24, 2.45) is 18.7 Å². The number of rotatable bonds is 2. The number of nitrogens with two attached hydrogens (primary N) is 1. The van der Waals surface area contributed by atoms with E-state index in [2.05, 4.69) is 42.1 Å². The van der Waals surface area contributed by atoms with Gasteiger partial charge in [0.05, 0.1) is 0 Å². The minimum Gasteiger partial charge on any atom is -0.350 e. The van der Waals surface area contributed by atoms with Gasteiger partial charge in [0.15, 0.2) is 0 Å². The molecule has 1 aliphatic rings. The summed E-state index contributed by atoms with van der Waals surface area (Å²) in [5, 5.41) is 1.33. The highest BCUT2D eigenvalue weighted by atomic mass is 14.9. The summed E-state index contributed by atoms with van der Waals surface area (Å²) in [6.45, 7) is 0. The fraction of sp³-hybridized carbons (Fsp3) is 0.500. The molecule has 0 spiro atoms. The second-order valence-electron chi connectivity index (χ2n) is 5.64. The number of para-hydroxylation sites is 1. The lowest BCUT2D eigenvalue weighted by molar-refractivity contribution is 0.309. The van der Waals surface area contributed by atoms with E-state index in [-0.39, 0.29) is 6.04 Å². The van der Waals surface area contributed by atoms with Crippen molar-refractivity contribution in [3.63, 3.8) is 0 Å². The molecule has 96 valence electrons. The second-order valence-corrected chi connectivity index (χ2v) is 5.64. The number of aryl methyl sites for hydroxylation is 1. The summed E-state index contributed by atoms with van der Waals surface area (Å²) in [4.78, 5) is 0. The molecule has 1 saturated carbocycles. The predicted molar refractivity (Wildman–Crippen MR) is 76.4 cm³/mol. The first-order valence-corrected chi connectivity index (χ1v) is 7.07. The lowest BCUT2D eigenvalue weighted by Crippen LogP contribution is -2.23. The highest BCUT2D eigenvalue weighted by molar-refractivity contribution is 5.84. The van der Waals surface area contributed by atoms with E-state index >= 15 is 0 Å². The minimum atomic E-state index is 0.205. The molecule has 1 aromatic heterocycles. The smallest absolute Gasteiger partial charge is 0.0481 e. The quantitative estimate of drug-likeness (QED) is 0.854. The molecule has 2 N–H and O–H groups in total. The summed E-state index contributed by atoms with van der Waals surface area (Å²) in [5.74, 6) is 0.671. The molecule has 1 fully saturated rings. The van der Waals surface area contributed by atoms with E-state index in [1.165, 1.54) is 48.6 Å². The zero-order chi connectivity index (χ0) is 12.5. The Bertz CT molecular complexity index is 535. The van der Waals surface area contributed by atoms with E-state index in [4.69, 9.17) is 5.73 Å². The third-order valence-electron chi connectivity index (χ3n) is 4.44. The van der Waals surface area contributed by atoms with Crippen molar-refractivity contribution in [1.82, 2.24) is 4.57 Å². The average molecular weight is 242 g/mol. The maximum absolute atomic E-state index is 6.54. The van der Waals surface area contributed by atoms with Crippen LogP contribution >= 0.6 is 0 Å². The third kappa shape index (κ3) is 1.95. The first-order valence-electron chi connectivity index (χ1n) is 7.07. The predicted octanol–water partition coefficient (Wildman–Crippen LogP) is 3.76. The standard InChI is InChI=1S/C16H22N2/c1-18-11-14(13-9-5-6-10-15(13)18)16(17)12-7-3-2-4-8-12/h5-6,9-12,16H,2-4,7-8,17H2,1H3/t16-/m1/s1. The molecule has 2 aromatic rings. The number of hydrogen-bond acceptors (Lipinski definition) is 1. The van der Waals surface area contributed by atoms with Crippen molar-refractivity contribution >= 4 is 10.9 Å². The normalized spacial score (nSPS) is 19.2. The summed E-state index contributed by atoms with van der Waals surface area (Å²) in [6.07, 6.45) is 8.91. The molecule has 0 amide bonds. The first-order chi connectivity index (χ1) is 8.77. The molecule has 1 atom stereocenters. The number of hydrogen-bond donors (Lipinski definition) is 1. The van der Waals surface area contributed by atoms with Crippen molar-refractivity contribution in [2.45, 2.75) is 38.1 Å². The molecular weight excluding hydrogens is 220 g/mol. The largest absolute Gasteiger partial charge is 0.350 e. The Labute approximate surface area is 109 Å². The van der Waals surface area contributed by atoms with E-state index in [1.807, 2.05) is 0 Å². The van der Waals surface area contributed by atoms with Crippen molar-refractivity contribution in [2.75, 3.05) is 0 Å². The van der Waals surface area contributed by atoms with Gasteiger partial charge in [-0.25, -0.2) is 0 Å². The third-order valence-corrected chi connectivity index (χ3v) is 4.44. The fourth-order valence-corrected chi connectivity index (χ4v) is 3.39. The SMILES string of the molecule is Cn1cc([C@H](N)C2CCCCC2)c2ccccc21. The molecule has 1 aromatic carbocycles. The van der Waals surface area contributed by atoms with Crippen molar-refractivity contribution in [1.29, 1.82) is 0 Å². The maximum Gasteiger partial charge on any atom is 0.0481 e. The van der Waals surface area contributed by atoms with E-state index in [0.717, 1.165) is 0 Å². The van der Waals surface area contributed by atoms with Gasteiger partial charge in [-0.1, -0.05) is 37.5 Å². The zero-order valence-corrected chi connectivity index (χ0v) is 11.1. The van der Waals surface area contributed by atoms with Crippen LogP contribution in [-0.2, 0) is 7.05 Å². The molecule has 1 heterocycles. The summed E-state index contributed by atoms with van der Waals surface area (Å²) in [5.41, 5.74) is 9.16. The van der Waals surface area contributed by atoms with Crippen LogP contribution in [0.1, 0.15) is 43.7 Å². The van der Waals surface area contributed by atoms with Crippen LogP contribution in [-0.4, -0.2) is 4.57 Å². The van der Waals surface area contributed by atoms with Gasteiger partial charge in [-0.2, -0.15) is 0 Å². The molecule has 0 bridgehead atoms. The Morgan fingerprint density at radius 1 is 1.17 bits per heavy atom. The van der Waals surface area contributed by atoms with Gasteiger partial charge in [0.2, 0.25) is 0 Å². The van der Waals surface area contributed by atoms with Crippen molar-refractivity contribution < 1.29 is 0 Å². The zero-order valence-electron chi connectivity index (χ0n) is 11.1. The van der Waals surface area contributed by atoms with Crippen molar-refractivity contribution in [3.05, 3.63) is 36.0 Å². The summed E-state index contributed by atoms with van der Waals surface area (Å²) in [6, 6.07) is 8.79. The summed E-state index contributed by atoms with van der Waals surface area (Å²) >= 11 is 0. The summed E-state index contributed by atoms with van der Waals surface area (Å²) < 4.78 is 2.20. The van der Waals surface area contributed by atoms with Crippen molar-refractivity contribution in [3.8, 4) is 0 Å². The van der Waals surface area contributed by atoms with E-state index in [9.17, 15) is 0 Å². The molecular formula is C16H22N2. The molecule has 2 nitrogen and oxygen atoms in total. The Balaban J connectivity index is 1.98.